The second-order valence-electron chi connectivity index (χ2n) is 10.8. The van der Waals surface area contributed by atoms with Gasteiger partial charge in [0.25, 0.3) is 5.56 Å². The second kappa shape index (κ2) is 13.0. The summed E-state index contributed by atoms with van der Waals surface area (Å²) in [6.45, 7) is 0.333. The number of carbonyl (C=O) groups is 2. The predicted molar refractivity (Wildman–Crippen MR) is 159 cm³/mol. The molecule has 228 valence electrons. The maximum atomic E-state index is 13.7. The number of carbonyl (C=O) groups excluding carboxylic acids is 2. The van der Waals surface area contributed by atoms with Crippen LogP contribution in [-0.2, 0) is 38.8 Å². The Hall–Kier alpha value is -4.10. The van der Waals surface area contributed by atoms with Crippen LogP contribution >= 0.6 is 0 Å². The van der Waals surface area contributed by atoms with Crippen LogP contribution in [-0.4, -0.2) is 59.2 Å². The molecular formula is C31H37N5O7. The number of methoxy groups -OCH3 is 2. The summed E-state index contributed by atoms with van der Waals surface area (Å²) >= 11 is 0. The minimum atomic E-state index is -1.49. The summed E-state index contributed by atoms with van der Waals surface area (Å²) in [5.41, 5.74) is 11.2. The summed E-state index contributed by atoms with van der Waals surface area (Å²) in [6, 6.07) is 7.17. The molecule has 0 radical (unpaired) electrons. The van der Waals surface area contributed by atoms with Crippen molar-refractivity contribution in [3.8, 4) is 17.1 Å². The van der Waals surface area contributed by atoms with E-state index in [4.69, 9.17) is 30.8 Å². The first kappa shape index (κ1) is 30.4. The van der Waals surface area contributed by atoms with Crippen molar-refractivity contribution in [2.24, 2.45) is 11.6 Å². The minimum absolute atomic E-state index is 0.0512. The van der Waals surface area contributed by atoms with Crippen LogP contribution in [0.5, 0.6) is 5.75 Å². The number of hydrazine groups is 1. The van der Waals surface area contributed by atoms with E-state index in [2.05, 4.69) is 0 Å². The molecule has 2 atom stereocenters. The molecule has 0 bridgehead atoms. The van der Waals surface area contributed by atoms with Crippen LogP contribution in [0.2, 0.25) is 0 Å². The number of pyridine rings is 2. The molecule has 1 aliphatic carbocycles. The van der Waals surface area contributed by atoms with Gasteiger partial charge in [0.15, 0.2) is 6.29 Å². The van der Waals surface area contributed by atoms with Crippen molar-refractivity contribution in [2.75, 3.05) is 20.8 Å². The number of aromatic nitrogens is 2. The van der Waals surface area contributed by atoms with E-state index in [1.807, 2.05) is 12.1 Å². The highest BCUT2D eigenvalue weighted by Crippen LogP contribution is 2.39. The van der Waals surface area contributed by atoms with Gasteiger partial charge in [0.05, 0.1) is 61.2 Å². The molecule has 5 rings (SSSR count). The smallest absolute Gasteiger partial charge is 0.257 e. The number of hydrogen-bond donors (Lipinski definition) is 3. The maximum absolute atomic E-state index is 13.7. The van der Waals surface area contributed by atoms with Gasteiger partial charge in [-0.25, -0.2) is 10.8 Å². The Balaban J connectivity index is 1.67. The highest BCUT2D eigenvalue weighted by Gasteiger charge is 2.31. The first-order chi connectivity index (χ1) is 20.8. The Bertz CT molecular complexity index is 1630. The molecule has 2 unspecified atom stereocenters. The van der Waals surface area contributed by atoms with Gasteiger partial charge in [-0.1, -0.05) is 12.8 Å². The third-order valence-corrected chi connectivity index (χ3v) is 8.24. The van der Waals surface area contributed by atoms with Crippen LogP contribution in [0.3, 0.4) is 0 Å². The number of nitrogens with zero attached hydrogens (tertiary/aromatic N) is 3. The Labute approximate surface area is 248 Å². The third kappa shape index (κ3) is 5.78. The Kier molecular flexibility index (Phi) is 9.21. The van der Waals surface area contributed by atoms with Crippen molar-refractivity contribution >= 4 is 23.5 Å². The van der Waals surface area contributed by atoms with Gasteiger partial charge in [0.1, 0.15) is 24.7 Å². The molecule has 0 fully saturated rings. The van der Waals surface area contributed by atoms with E-state index in [1.54, 1.807) is 28.8 Å². The SMILES string of the molecule is COCc1c(C(O)C=O)cc2n(c1=O)Cc1c-2nc2ccc(OC)cc2c1CN(N)/C1=C(\N)C(OCC=O)CCCCC1. The van der Waals surface area contributed by atoms with Gasteiger partial charge in [-0.15, -0.1) is 0 Å². The van der Waals surface area contributed by atoms with Crippen LogP contribution in [0.4, 0.5) is 0 Å². The molecule has 1 aromatic carbocycles. The summed E-state index contributed by atoms with van der Waals surface area (Å²) in [6.07, 6.45) is 3.34. The van der Waals surface area contributed by atoms with Gasteiger partial charge in [-0.2, -0.15) is 0 Å². The molecule has 0 saturated carbocycles. The zero-order valence-corrected chi connectivity index (χ0v) is 24.4. The van der Waals surface area contributed by atoms with Gasteiger partial charge in [0.2, 0.25) is 0 Å². The summed E-state index contributed by atoms with van der Waals surface area (Å²) in [5, 5.41) is 12.9. The van der Waals surface area contributed by atoms with E-state index >= 15 is 0 Å². The van der Waals surface area contributed by atoms with Crippen molar-refractivity contribution < 1.29 is 28.9 Å². The fraction of sp³-hybridized carbons (Fsp3) is 0.419. The summed E-state index contributed by atoms with van der Waals surface area (Å²) in [7, 11) is 3.03. The molecule has 0 spiro atoms. The number of rotatable bonds is 11. The largest absolute Gasteiger partial charge is 0.497 e. The van der Waals surface area contributed by atoms with Crippen LogP contribution in [0, 0.1) is 0 Å². The van der Waals surface area contributed by atoms with Crippen LogP contribution in [0.25, 0.3) is 22.3 Å². The Morgan fingerprint density at radius 1 is 1.19 bits per heavy atom. The molecule has 3 aromatic rings. The van der Waals surface area contributed by atoms with E-state index in [0.29, 0.717) is 53.8 Å². The van der Waals surface area contributed by atoms with Crippen molar-refractivity contribution in [1.82, 2.24) is 14.6 Å². The fourth-order valence-corrected chi connectivity index (χ4v) is 6.07. The molecular weight excluding hydrogens is 554 g/mol. The normalized spacial score (nSPS) is 18.8. The first-order valence-electron chi connectivity index (χ1n) is 14.3. The minimum Gasteiger partial charge on any atom is -0.497 e. The zero-order valence-electron chi connectivity index (χ0n) is 24.4. The van der Waals surface area contributed by atoms with E-state index in [0.717, 1.165) is 41.5 Å². The van der Waals surface area contributed by atoms with Crippen molar-refractivity contribution in [1.29, 1.82) is 0 Å². The average molecular weight is 592 g/mol. The van der Waals surface area contributed by atoms with Crippen LogP contribution < -0.4 is 21.9 Å². The fourth-order valence-electron chi connectivity index (χ4n) is 6.07. The maximum Gasteiger partial charge on any atom is 0.257 e. The number of allylic oxidation sites excluding steroid dienone is 1. The summed E-state index contributed by atoms with van der Waals surface area (Å²) < 4.78 is 18.1. The lowest BCUT2D eigenvalue weighted by Crippen LogP contribution is -2.36. The van der Waals surface area contributed by atoms with E-state index in [-0.39, 0.29) is 43.0 Å². The molecule has 43 heavy (non-hydrogen) atoms. The lowest BCUT2D eigenvalue weighted by molar-refractivity contribution is -0.115. The number of aliphatic hydroxyl groups excluding tert-OH is 1. The first-order valence-corrected chi connectivity index (χ1v) is 14.3. The van der Waals surface area contributed by atoms with Crippen molar-refractivity contribution in [2.45, 2.75) is 64.0 Å². The third-order valence-electron chi connectivity index (χ3n) is 8.24. The Morgan fingerprint density at radius 3 is 2.72 bits per heavy atom. The van der Waals surface area contributed by atoms with E-state index in [9.17, 15) is 19.5 Å². The molecule has 12 nitrogen and oxygen atoms in total. The summed E-state index contributed by atoms with van der Waals surface area (Å²) in [5.74, 6) is 7.42. The number of ether oxygens (including phenoxy) is 3. The van der Waals surface area contributed by atoms with Crippen LogP contribution in [0.15, 0.2) is 40.5 Å². The summed E-state index contributed by atoms with van der Waals surface area (Å²) in [4.78, 5) is 41.2. The van der Waals surface area contributed by atoms with Gasteiger partial charge in [0, 0.05) is 29.2 Å². The van der Waals surface area contributed by atoms with Gasteiger partial charge >= 0.3 is 0 Å². The highest BCUT2D eigenvalue weighted by molar-refractivity contribution is 5.89. The molecule has 3 heterocycles. The average Bonchev–Trinajstić information content (AvgIpc) is 3.38. The molecule has 2 aromatic heterocycles. The van der Waals surface area contributed by atoms with Gasteiger partial charge in [-0.05, 0) is 49.1 Å². The molecule has 0 saturated heterocycles. The van der Waals surface area contributed by atoms with Gasteiger partial charge in [-0.3, -0.25) is 4.79 Å². The number of hydrogen-bond acceptors (Lipinski definition) is 11. The molecule has 0 amide bonds. The van der Waals surface area contributed by atoms with E-state index < -0.39 is 12.2 Å². The lowest BCUT2D eigenvalue weighted by atomic mass is 9.97. The van der Waals surface area contributed by atoms with Crippen LogP contribution in [0.1, 0.15) is 60.5 Å². The van der Waals surface area contributed by atoms with Crippen molar-refractivity contribution in [3.05, 3.63) is 68.3 Å². The quantitative estimate of drug-likeness (QED) is 0.133. The second-order valence-corrected chi connectivity index (χ2v) is 10.8. The number of aldehydes is 2. The van der Waals surface area contributed by atoms with Gasteiger partial charge < -0.3 is 44.2 Å². The standard InChI is InChI=1S/C31H37N5O7/c1-41-17-23-20(27(39)16-38)13-26-30-22(14-35(26)31(23)40)21(19-12-18(42-2)8-9-24(19)34-30)15-36(33)25-6-4-3-5-7-28(29(25)32)43-11-10-37/h8-10,12-13,16,27-28,39H,3-7,11,14-15,17,32-33H2,1-2H3/b29-25-. The number of nitrogens with two attached hydrogens (primary N) is 2. The molecule has 2 aliphatic rings. The highest BCUT2D eigenvalue weighted by atomic mass is 16.5. The Morgan fingerprint density at radius 2 is 2.00 bits per heavy atom. The number of benzene rings is 1. The number of fused-ring (bicyclic) bond motifs is 4. The molecule has 5 N–H and O–H groups in total. The number of aliphatic hydroxyl groups is 1. The molecule has 12 heteroatoms. The van der Waals surface area contributed by atoms with Crippen molar-refractivity contribution in [3.63, 3.8) is 0 Å². The predicted octanol–water partition coefficient (Wildman–Crippen LogP) is 2.21. The molecule has 1 aliphatic heterocycles. The monoisotopic (exact) mass is 591 g/mol. The zero-order chi connectivity index (χ0) is 30.7. The topological polar surface area (TPSA) is 172 Å². The van der Waals surface area contributed by atoms with E-state index in [1.165, 1.54) is 7.11 Å². The lowest BCUT2D eigenvalue weighted by Gasteiger charge is -2.30.